The summed E-state index contributed by atoms with van der Waals surface area (Å²) in [7, 11) is 0. The third-order valence-corrected chi connectivity index (χ3v) is 4.19. The number of amides is 2. The molecule has 17 heavy (non-hydrogen) atoms. The van der Waals surface area contributed by atoms with Gasteiger partial charge in [0.1, 0.15) is 12.1 Å². The van der Waals surface area contributed by atoms with E-state index in [4.69, 9.17) is 0 Å². The quantitative estimate of drug-likeness (QED) is 0.745. The molecule has 2 aliphatic rings. The van der Waals surface area contributed by atoms with Gasteiger partial charge in [-0.2, -0.15) is 0 Å². The zero-order valence-electron chi connectivity index (χ0n) is 11.0. The van der Waals surface area contributed by atoms with Gasteiger partial charge in [0.15, 0.2) is 0 Å². The third-order valence-electron chi connectivity index (χ3n) is 4.19. The Morgan fingerprint density at radius 2 is 1.88 bits per heavy atom. The summed E-state index contributed by atoms with van der Waals surface area (Å²) < 4.78 is 0. The largest absolute Gasteiger partial charge is 0.329 e. The zero-order chi connectivity index (χ0) is 12.6. The summed E-state index contributed by atoms with van der Waals surface area (Å²) in [5.74, 6) is 0.308. The van der Waals surface area contributed by atoms with Crippen LogP contribution in [0.25, 0.3) is 0 Å². The second-order valence-electron chi connectivity index (χ2n) is 5.08. The number of carbonyl (C=O) groups is 2. The second-order valence-corrected chi connectivity index (χ2v) is 5.08. The van der Waals surface area contributed by atoms with Gasteiger partial charge >= 0.3 is 0 Å². The van der Waals surface area contributed by atoms with Gasteiger partial charge < -0.3 is 9.80 Å². The molecule has 2 atom stereocenters. The molecule has 0 aromatic carbocycles. The first-order chi connectivity index (χ1) is 8.11. The van der Waals surface area contributed by atoms with Crippen LogP contribution in [0.1, 0.15) is 46.5 Å². The molecule has 4 heteroatoms. The van der Waals surface area contributed by atoms with E-state index in [-0.39, 0.29) is 29.9 Å². The highest BCUT2D eigenvalue weighted by Crippen LogP contribution is 2.29. The summed E-state index contributed by atoms with van der Waals surface area (Å²) in [6, 6.07) is -0.231. The summed E-state index contributed by atoms with van der Waals surface area (Å²) in [6.07, 6.45) is 3.65. The molecule has 4 nitrogen and oxygen atoms in total. The molecule has 0 aliphatic carbocycles. The second kappa shape index (κ2) is 4.67. The highest BCUT2D eigenvalue weighted by molar-refractivity contribution is 5.97. The molecule has 0 bridgehead atoms. The molecule has 0 spiro atoms. The first-order valence-electron chi connectivity index (χ1n) is 6.74. The fourth-order valence-electron chi connectivity index (χ4n) is 3.19. The minimum atomic E-state index is -0.276. The molecular weight excluding hydrogens is 216 g/mol. The van der Waals surface area contributed by atoms with Crippen LogP contribution in [0.4, 0.5) is 0 Å². The number of piperazine rings is 1. The molecule has 2 unspecified atom stereocenters. The number of hydrogen-bond donors (Lipinski definition) is 0. The molecule has 2 amide bonds. The number of hydrogen-bond acceptors (Lipinski definition) is 2. The number of nitrogens with zero attached hydrogens (tertiary/aromatic N) is 2. The van der Waals surface area contributed by atoms with E-state index in [0.717, 1.165) is 32.2 Å². The Labute approximate surface area is 103 Å². The number of carbonyl (C=O) groups excluding carboxylic acids is 2. The standard InChI is InChI=1S/C13H22N2O2/c1-4-10(5-2)15-9(3)12(16)14-8-6-7-11(14)13(15)17/h9-11H,4-8H2,1-3H3. The van der Waals surface area contributed by atoms with Gasteiger partial charge in [0.25, 0.3) is 0 Å². The van der Waals surface area contributed by atoms with Crippen molar-refractivity contribution in [1.82, 2.24) is 9.80 Å². The van der Waals surface area contributed by atoms with Crippen molar-refractivity contribution in [2.45, 2.75) is 64.6 Å². The van der Waals surface area contributed by atoms with Gasteiger partial charge in [-0.25, -0.2) is 0 Å². The van der Waals surface area contributed by atoms with Crippen molar-refractivity contribution in [1.29, 1.82) is 0 Å². The number of rotatable bonds is 3. The molecule has 2 saturated heterocycles. The van der Waals surface area contributed by atoms with Crippen LogP contribution in [0, 0.1) is 0 Å². The van der Waals surface area contributed by atoms with E-state index in [0.29, 0.717) is 0 Å². The minimum absolute atomic E-state index is 0.138. The van der Waals surface area contributed by atoms with Crippen molar-refractivity contribution in [3.63, 3.8) is 0 Å². The molecule has 2 rings (SSSR count). The maximum Gasteiger partial charge on any atom is 0.246 e. The van der Waals surface area contributed by atoms with Crippen molar-refractivity contribution >= 4 is 11.8 Å². The van der Waals surface area contributed by atoms with Crippen molar-refractivity contribution in [2.24, 2.45) is 0 Å². The van der Waals surface area contributed by atoms with Gasteiger partial charge in [0.2, 0.25) is 11.8 Å². The topological polar surface area (TPSA) is 40.6 Å². The van der Waals surface area contributed by atoms with Crippen LogP contribution in [0.5, 0.6) is 0 Å². The highest BCUT2D eigenvalue weighted by atomic mass is 16.2. The first kappa shape index (κ1) is 12.4. The summed E-state index contributed by atoms with van der Waals surface area (Å²) >= 11 is 0. The molecule has 2 aliphatic heterocycles. The third kappa shape index (κ3) is 1.83. The molecule has 0 radical (unpaired) electrons. The smallest absolute Gasteiger partial charge is 0.246 e. The normalized spacial score (nSPS) is 29.2. The van der Waals surface area contributed by atoms with E-state index >= 15 is 0 Å². The maximum absolute atomic E-state index is 12.5. The molecule has 0 saturated carbocycles. The zero-order valence-corrected chi connectivity index (χ0v) is 11.0. The molecule has 0 aromatic rings. The maximum atomic E-state index is 12.5. The van der Waals surface area contributed by atoms with Crippen LogP contribution < -0.4 is 0 Å². The Bertz CT molecular complexity index is 325. The molecule has 2 heterocycles. The molecule has 96 valence electrons. The van der Waals surface area contributed by atoms with Crippen molar-refractivity contribution < 1.29 is 9.59 Å². The minimum Gasteiger partial charge on any atom is -0.329 e. The van der Waals surface area contributed by atoms with Crippen LogP contribution in [-0.2, 0) is 9.59 Å². The Morgan fingerprint density at radius 1 is 1.24 bits per heavy atom. The van der Waals surface area contributed by atoms with Gasteiger partial charge in [0, 0.05) is 12.6 Å². The molecule has 2 fully saturated rings. The average Bonchev–Trinajstić information content (AvgIpc) is 2.81. The van der Waals surface area contributed by atoms with Crippen LogP contribution in [0.2, 0.25) is 0 Å². The van der Waals surface area contributed by atoms with Crippen LogP contribution >= 0.6 is 0 Å². The lowest BCUT2D eigenvalue weighted by molar-refractivity contribution is -0.161. The van der Waals surface area contributed by atoms with Gasteiger partial charge in [0.05, 0.1) is 0 Å². The predicted octanol–water partition coefficient (Wildman–Crippen LogP) is 1.40. The average molecular weight is 238 g/mol. The monoisotopic (exact) mass is 238 g/mol. The van der Waals surface area contributed by atoms with Crippen LogP contribution in [0.15, 0.2) is 0 Å². The summed E-state index contributed by atoms with van der Waals surface area (Å²) in [5.41, 5.74) is 0. The van der Waals surface area contributed by atoms with Crippen molar-refractivity contribution in [2.75, 3.05) is 6.54 Å². The van der Waals surface area contributed by atoms with Crippen molar-refractivity contribution in [3.8, 4) is 0 Å². The lowest BCUT2D eigenvalue weighted by Gasteiger charge is -2.44. The van der Waals surface area contributed by atoms with Crippen LogP contribution in [0.3, 0.4) is 0 Å². The Balaban J connectivity index is 2.26. The Morgan fingerprint density at radius 3 is 2.47 bits per heavy atom. The van der Waals surface area contributed by atoms with Gasteiger partial charge in [-0.05, 0) is 32.6 Å². The van der Waals surface area contributed by atoms with E-state index in [9.17, 15) is 9.59 Å². The first-order valence-corrected chi connectivity index (χ1v) is 6.74. The summed E-state index contributed by atoms with van der Waals surface area (Å²) in [4.78, 5) is 28.3. The summed E-state index contributed by atoms with van der Waals surface area (Å²) in [6.45, 7) is 6.79. The summed E-state index contributed by atoms with van der Waals surface area (Å²) in [5, 5.41) is 0. The van der Waals surface area contributed by atoms with E-state index in [1.807, 2.05) is 11.8 Å². The molecular formula is C13H22N2O2. The fraction of sp³-hybridized carbons (Fsp3) is 0.846. The van der Waals surface area contributed by atoms with Gasteiger partial charge in [-0.3, -0.25) is 9.59 Å². The van der Waals surface area contributed by atoms with E-state index < -0.39 is 0 Å². The lowest BCUT2D eigenvalue weighted by atomic mass is 10.0. The Hall–Kier alpha value is -1.06. The van der Waals surface area contributed by atoms with E-state index in [2.05, 4.69) is 13.8 Å². The molecule has 0 aromatic heterocycles. The fourth-order valence-corrected chi connectivity index (χ4v) is 3.19. The van der Waals surface area contributed by atoms with E-state index in [1.165, 1.54) is 0 Å². The SMILES string of the molecule is CCC(CC)N1C(=O)C2CCCN2C(=O)C1C. The van der Waals surface area contributed by atoms with Crippen LogP contribution in [-0.4, -0.2) is 46.3 Å². The van der Waals surface area contributed by atoms with Gasteiger partial charge in [-0.15, -0.1) is 0 Å². The number of fused-ring (bicyclic) bond motifs is 1. The Kier molecular flexibility index (Phi) is 3.40. The van der Waals surface area contributed by atoms with Gasteiger partial charge in [-0.1, -0.05) is 13.8 Å². The highest BCUT2D eigenvalue weighted by Gasteiger charge is 2.47. The van der Waals surface area contributed by atoms with E-state index in [1.54, 1.807) is 4.90 Å². The lowest BCUT2D eigenvalue weighted by Crippen LogP contribution is -2.64. The van der Waals surface area contributed by atoms with Crippen molar-refractivity contribution in [3.05, 3.63) is 0 Å². The predicted molar refractivity (Wildman–Crippen MR) is 65.4 cm³/mol. The molecule has 0 N–H and O–H groups in total.